The van der Waals surface area contributed by atoms with E-state index in [0.717, 1.165) is 4.47 Å². The van der Waals surface area contributed by atoms with Crippen LogP contribution in [0.4, 0.5) is 5.69 Å². The number of halogens is 1. The normalized spacial score (nSPS) is 27.3. The molecule has 0 N–H and O–H groups in total. The molecule has 2 amide bonds. The molecule has 5 rings (SSSR count). The van der Waals surface area contributed by atoms with E-state index in [2.05, 4.69) is 21.0 Å². The van der Waals surface area contributed by atoms with Crippen LogP contribution in [0.25, 0.3) is 0 Å². The average molecular weight is 450 g/mol. The van der Waals surface area contributed by atoms with E-state index in [1.807, 2.05) is 18.2 Å². The molecule has 3 aliphatic rings. The van der Waals surface area contributed by atoms with Gasteiger partial charge in [0.1, 0.15) is 6.04 Å². The summed E-state index contributed by atoms with van der Waals surface area (Å²) in [5, 5.41) is 5.98. The molecule has 2 aromatic carbocycles. The number of ketones is 1. The zero-order valence-electron chi connectivity index (χ0n) is 15.2. The van der Waals surface area contributed by atoms with Gasteiger partial charge in [-0.15, -0.1) is 0 Å². The van der Waals surface area contributed by atoms with Gasteiger partial charge in [0.05, 0.1) is 23.6 Å². The Bertz CT molecular complexity index is 1080. The van der Waals surface area contributed by atoms with Crippen molar-refractivity contribution in [1.29, 1.82) is 0 Å². The maximum Gasteiger partial charge on any atom is 0.240 e. The Morgan fingerprint density at radius 2 is 1.72 bits per heavy atom. The molecular formula is C22H16BrN3O3. The van der Waals surface area contributed by atoms with Crippen molar-refractivity contribution >= 4 is 45.4 Å². The highest BCUT2D eigenvalue weighted by Gasteiger charge is 2.64. The summed E-state index contributed by atoms with van der Waals surface area (Å²) >= 11 is 3.39. The van der Waals surface area contributed by atoms with Crippen LogP contribution in [-0.4, -0.2) is 40.9 Å². The molecule has 3 heterocycles. The maximum atomic E-state index is 13.4. The van der Waals surface area contributed by atoms with Crippen LogP contribution < -0.4 is 4.90 Å². The number of hydrogen-bond donors (Lipinski definition) is 0. The maximum absolute atomic E-state index is 13.4. The predicted molar refractivity (Wildman–Crippen MR) is 111 cm³/mol. The number of imide groups is 1. The third kappa shape index (κ3) is 2.68. The second-order valence-corrected chi connectivity index (χ2v) is 8.15. The molecule has 0 radical (unpaired) electrons. The molecule has 1 unspecified atom stereocenters. The third-order valence-electron chi connectivity index (χ3n) is 5.68. The van der Waals surface area contributed by atoms with Crippen molar-refractivity contribution in [3.05, 3.63) is 76.8 Å². The first-order valence-electron chi connectivity index (χ1n) is 9.29. The number of nitrogens with zero attached hydrogens (tertiary/aromatic N) is 3. The van der Waals surface area contributed by atoms with Crippen molar-refractivity contribution in [3.63, 3.8) is 0 Å². The fraction of sp³-hybridized carbons (Fsp3) is 0.182. The minimum Gasteiger partial charge on any atom is -0.292 e. The number of amides is 2. The van der Waals surface area contributed by atoms with Crippen LogP contribution in [0.1, 0.15) is 10.4 Å². The zero-order valence-corrected chi connectivity index (χ0v) is 16.8. The van der Waals surface area contributed by atoms with Gasteiger partial charge < -0.3 is 0 Å². The van der Waals surface area contributed by atoms with Crippen molar-refractivity contribution in [2.75, 3.05) is 4.90 Å². The molecule has 144 valence electrons. The lowest BCUT2D eigenvalue weighted by Gasteiger charge is -2.30. The van der Waals surface area contributed by atoms with E-state index in [1.165, 1.54) is 4.90 Å². The largest absolute Gasteiger partial charge is 0.292 e. The van der Waals surface area contributed by atoms with E-state index in [9.17, 15) is 14.4 Å². The number of Topliss-reactive ketones (excluding diaryl/α,β-unsaturated/α-hetero) is 1. The first-order chi connectivity index (χ1) is 14.1. The molecule has 2 aromatic rings. The van der Waals surface area contributed by atoms with E-state index in [1.54, 1.807) is 59.8 Å². The number of anilines is 1. The first kappa shape index (κ1) is 18.0. The SMILES string of the molecule is O=C(c1ccccc1)[C@@H]1[C@@H]2C(=O)N(c3cccc(Br)c3)C(=O)[C@@H]2C2C=CC=NN21. The van der Waals surface area contributed by atoms with Crippen LogP contribution in [0, 0.1) is 11.8 Å². The lowest BCUT2D eigenvalue weighted by molar-refractivity contribution is -0.123. The monoisotopic (exact) mass is 449 g/mol. The van der Waals surface area contributed by atoms with Crippen LogP contribution in [0.3, 0.4) is 0 Å². The van der Waals surface area contributed by atoms with Crippen molar-refractivity contribution in [2.24, 2.45) is 16.9 Å². The van der Waals surface area contributed by atoms with Crippen LogP contribution >= 0.6 is 15.9 Å². The van der Waals surface area contributed by atoms with Crippen molar-refractivity contribution in [3.8, 4) is 0 Å². The van der Waals surface area contributed by atoms with E-state index in [0.29, 0.717) is 11.3 Å². The van der Waals surface area contributed by atoms with Gasteiger partial charge in [0.25, 0.3) is 0 Å². The van der Waals surface area contributed by atoms with Gasteiger partial charge in [-0.3, -0.25) is 19.4 Å². The minimum absolute atomic E-state index is 0.201. The fourth-order valence-electron chi connectivity index (χ4n) is 4.48. The molecule has 0 bridgehead atoms. The van der Waals surface area contributed by atoms with Crippen LogP contribution in [0.2, 0.25) is 0 Å². The van der Waals surface area contributed by atoms with Gasteiger partial charge in [0.2, 0.25) is 11.8 Å². The molecule has 29 heavy (non-hydrogen) atoms. The number of benzene rings is 2. The topological polar surface area (TPSA) is 70.0 Å². The Hall–Kier alpha value is -3.06. The summed E-state index contributed by atoms with van der Waals surface area (Å²) in [6.45, 7) is 0. The second-order valence-electron chi connectivity index (χ2n) is 7.24. The molecule has 4 atom stereocenters. The molecule has 2 saturated heterocycles. The number of fused-ring (bicyclic) bond motifs is 3. The molecule has 7 heteroatoms. The highest BCUT2D eigenvalue weighted by molar-refractivity contribution is 9.10. The third-order valence-corrected chi connectivity index (χ3v) is 6.18. The van der Waals surface area contributed by atoms with Gasteiger partial charge in [-0.2, -0.15) is 5.10 Å². The standard InChI is InChI=1S/C22H16BrN3O3/c23-14-8-4-9-15(12-14)25-21(28)17-16-10-5-11-24-26(16)19(18(17)22(25)29)20(27)13-6-2-1-3-7-13/h1-12,16-19H/t16?,17-,18-,19+/m1/s1. The second kappa shape index (κ2) is 6.77. The first-order valence-corrected chi connectivity index (χ1v) is 10.1. The number of carbonyl (C=O) groups excluding carboxylic acids is 3. The highest BCUT2D eigenvalue weighted by Crippen LogP contribution is 2.46. The summed E-state index contributed by atoms with van der Waals surface area (Å²) in [6.07, 6.45) is 5.19. The lowest BCUT2D eigenvalue weighted by Crippen LogP contribution is -2.46. The Morgan fingerprint density at radius 1 is 0.966 bits per heavy atom. The molecule has 2 fully saturated rings. The highest BCUT2D eigenvalue weighted by atomic mass is 79.9. The molecule has 0 aliphatic carbocycles. The minimum atomic E-state index is -0.817. The lowest BCUT2D eigenvalue weighted by atomic mass is 9.86. The summed E-state index contributed by atoms with van der Waals surface area (Å²) in [5.41, 5.74) is 1.01. The van der Waals surface area contributed by atoms with E-state index >= 15 is 0 Å². The smallest absolute Gasteiger partial charge is 0.240 e. The van der Waals surface area contributed by atoms with Gasteiger partial charge in [0.15, 0.2) is 5.78 Å². The van der Waals surface area contributed by atoms with Crippen molar-refractivity contribution in [1.82, 2.24) is 5.01 Å². The zero-order chi connectivity index (χ0) is 20.1. The fourth-order valence-corrected chi connectivity index (χ4v) is 4.87. The quantitative estimate of drug-likeness (QED) is 0.533. The number of hydrazone groups is 1. The summed E-state index contributed by atoms with van der Waals surface area (Å²) < 4.78 is 0.772. The van der Waals surface area contributed by atoms with E-state index in [4.69, 9.17) is 0 Å². The summed E-state index contributed by atoms with van der Waals surface area (Å²) in [6, 6.07) is 14.7. The van der Waals surface area contributed by atoms with Gasteiger partial charge in [-0.1, -0.05) is 58.4 Å². The summed E-state index contributed by atoms with van der Waals surface area (Å²) in [4.78, 5) is 41.4. The Labute approximate surface area is 175 Å². The number of hydrogen-bond acceptors (Lipinski definition) is 5. The molecule has 0 saturated carbocycles. The van der Waals surface area contributed by atoms with Crippen molar-refractivity contribution in [2.45, 2.75) is 12.1 Å². The Kier molecular flexibility index (Phi) is 4.20. The van der Waals surface area contributed by atoms with E-state index in [-0.39, 0.29) is 17.6 Å². The van der Waals surface area contributed by atoms with Crippen LogP contribution in [-0.2, 0) is 9.59 Å². The Morgan fingerprint density at radius 3 is 2.48 bits per heavy atom. The molecule has 3 aliphatic heterocycles. The molecular weight excluding hydrogens is 434 g/mol. The number of allylic oxidation sites excluding steroid dienone is 1. The number of rotatable bonds is 3. The van der Waals surface area contributed by atoms with Crippen LogP contribution in [0.5, 0.6) is 0 Å². The van der Waals surface area contributed by atoms with Gasteiger partial charge >= 0.3 is 0 Å². The Balaban J connectivity index is 1.59. The van der Waals surface area contributed by atoms with Crippen LogP contribution in [0.15, 0.2) is 76.3 Å². The predicted octanol–water partition coefficient (Wildman–Crippen LogP) is 3.05. The summed E-state index contributed by atoms with van der Waals surface area (Å²) in [7, 11) is 0. The molecule has 6 nitrogen and oxygen atoms in total. The molecule has 0 spiro atoms. The number of carbonyl (C=O) groups is 3. The average Bonchev–Trinajstić information content (AvgIpc) is 3.21. The summed E-state index contributed by atoms with van der Waals surface area (Å²) in [5.74, 6) is -2.27. The van der Waals surface area contributed by atoms with Gasteiger partial charge in [-0.25, -0.2) is 4.90 Å². The van der Waals surface area contributed by atoms with Crippen molar-refractivity contribution < 1.29 is 14.4 Å². The van der Waals surface area contributed by atoms with Gasteiger partial charge in [0, 0.05) is 16.3 Å². The van der Waals surface area contributed by atoms with E-state index < -0.39 is 23.9 Å². The van der Waals surface area contributed by atoms with Gasteiger partial charge in [-0.05, 0) is 24.3 Å². The molecule has 0 aromatic heterocycles.